The Hall–Kier alpha value is -4.02. The number of methoxy groups -OCH3 is 1. The van der Waals surface area contributed by atoms with Crippen molar-refractivity contribution in [2.24, 2.45) is 0 Å². The summed E-state index contributed by atoms with van der Waals surface area (Å²) in [6.07, 6.45) is 3.35. The van der Waals surface area contributed by atoms with Crippen molar-refractivity contribution in [3.63, 3.8) is 0 Å². The number of benzene rings is 2. The van der Waals surface area contributed by atoms with Gasteiger partial charge in [-0.2, -0.15) is 0 Å². The molecule has 10 nitrogen and oxygen atoms in total. The number of ketones is 1. The number of aromatic nitrogens is 2. The SMILES string of the molecule is COC(C(=O)/C=C/c1ccc(O)c(O)c1)N1CCN(Cc2ccc3c(N)ncnc3c2)C(=O)C1. The molecule has 1 atom stereocenters. The van der Waals surface area contributed by atoms with E-state index in [0.29, 0.717) is 31.0 Å². The molecule has 1 aliphatic heterocycles. The molecule has 4 rings (SSSR count). The van der Waals surface area contributed by atoms with Crippen molar-refractivity contribution in [1.82, 2.24) is 19.8 Å². The van der Waals surface area contributed by atoms with Crippen LogP contribution in [0.4, 0.5) is 5.82 Å². The maximum atomic E-state index is 12.8. The third-order valence-electron chi connectivity index (χ3n) is 5.69. The summed E-state index contributed by atoms with van der Waals surface area (Å²) in [5.41, 5.74) is 8.06. The van der Waals surface area contributed by atoms with Crippen LogP contribution in [0.3, 0.4) is 0 Å². The molecule has 2 heterocycles. The fourth-order valence-corrected chi connectivity index (χ4v) is 3.89. The lowest BCUT2D eigenvalue weighted by molar-refractivity contribution is -0.149. The first kappa shape index (κ1) is 23.1. The third-order valence-corrected chi connectivity index (χ3v) is 5.69. The van der Waals surface area contributed by atoms with E-state index in [1.807, 2.05) is 18.2 Å². The lowest BCUT2D eigenvalue weighted by Gasteiger charge is -2.37. The summed E-state index contributed by atoms with van der Waals surface area (Å²) < 4.78 is 5.38. The van der Waals surface area contributed by atoms with Crippen LogP contribution < -0.4 is 5.73 Å². The van der Waals surface area contributed by atoms with E-state index in [1.165, 1.54) is 37.7 Å². The van der Waals surface area contributed by atoms with Crippen LogP contribution in [0.25, 0.3) is 17.0 Å². The Balaban J connectivity index is 1.39. The Labute approximate surface area is 195 Å². The molecule has 2 aromatic carbocycles. The number of nitrogen functional groups attached to an aromatic ring is 1. The number of phenolic OH excluding ortho intramolecular Hbond substituents is 2. The predicted molar refractivity (Wildman–Crippen MR) is 126 cm³/mol. The summed E-state index contributed by atoms with van der Waals surface area (Å²) in [7, 11) is 1.42. The van der Waals surface area contributed by atoms with Gasteiger partial charge in [0.05, 0.1) is 12.1 Å². The number of nitrogens with zero attached hydrogens (tertiary/aromatic N) is 4. The zero-order valence-corrected chi connectivity index (χ0v) is 18.6. The molecule has 4 N–H and O–H groups in total. The summed E-state index contributed by atoms with van der Waals surface area (Å²) in [6.45, 7) is 1.36. The highest BCUT2D eigenvalue weighted by molar-refractivity contribution is 5.97. The van der Waals surface area contributed by atoms with Crippen molar-refractivity contribution in [2.45, 2.75) is 12.8 Å². The Kier molecular flexibility index (Phi) is 6.71. The molecule has 0 aliphatic carbocycles. The van der Waals surface area contributed by atoms with Crippen LogP contribution in [-0.2, 0) is 20.9 Å². The van der Waals surface area contributed by atoms with Gasteiger partial charge in [0.15, 0.2) is 23.5 Å². The van der Waals surface area contributed by atoms with E-state index in [2.05, 4.69) is 9.97 Å². The van der Waals surface area contributed by atoms with Gasteiger partial charge in [-0.05, 0) is 41.5 Å². The fourth-order valence-electron chi connectivity index (χ4n) is 3.89. The molecule has 1 aromatic heterocycles. The average Bonchev–Trinajstić information content (AvgIpc) is 2.82. The Bertz CT molecular complexity index is 1260. The molecule has 1 unspecified atom stereocenters. The van der Waals surface area contributed by atoms with Crippen molar-refractivity contribution in [2.75, 3.05) is 32.5 Å². The highest BCUT2D eigenvalue weighted by Gasteiger charge is 2.31. The molecule has 1 fully saturated rings. The highest BCUT2D eigenvalue weighted by Crippen LogP contribution is 2.25. The number of carbonyl (C=O) groups is 2. The monoisotopic (exact) mass is 463 g/mol. The summed E-state index contributed by atoms with van der Waals surface area (Å²) in [5, 5.41) is 19.8. The van der Waals surface area contributed by atoms with Gasteiger partial charge in [-0.25, -0.2) is 9.97 Å². The number of hydrogen-bond donors (Lipinski definition) is 3. The van der Waals surface area contributed by atoms with Gasteiger partial charge >= 0.3 is 0 Å². The first-order chi connectivity index (χ1) is 16.4. The number of amides is 1. The highest BCUT2D eigenvalue weighted by atomic mass is 16.5. The first-order valence-corrected chi connectivity index (χ1v) is 10.6. The standard InChI is InChI=1S/C24H25N5O5/c1-34-24(20(31)7-4-15-3-6-19(30)21(32)11-15)29-9-8-28(22(33)13-29)12-16-2-5-17-18(10-16)26-14-27-23(17)25/h2-7,10-11,14,24,30,32H,8-9,12-13H2,1H3,(H2,25,26,27)/b7-4+. The van der Waals surface area contributed by atoms with E-state index >= 15 is 0 Å². The maximum absolute atomic E-state index is 12.8. The second-order valence-corrected chi connectivity index (χ2v) is 7.97. The third kappa shape index (κ3) is 4.98. The van der Waals surface area contributed by atoms with Gasteiger partial charge in [-0.3, -0.25) is 14.5 Å². The minimum atomic E-state index is -0.909. The lowest BCUT2D eigenvalue weighted by Crippen LogP contribution is -2.55. The van der Waals surface area contributed by atoms with Gasteiger partial charge in [0.2, 0.25) is 5.91 Å². The zero-order chi connectivity index (χ0) is 24.2. The van der Waals surface area contributed by atoms with Crippen molar-refractivity contribution < 1.29 is 24.5 Å². The van der Waals surface area contributed by atoms with Gasteiger partial charge in [-0.1, -0.05) is 18.2 Å². The molecule has 34 heavy (non-hydrogen) atoms. The van der Waals surface area contributed by atoms with Crippen molar-refractivity contribution in [3.05, 3.63) is 59.9 Å². The van der Waals surface area contributed by atoms with Gasteiger partial charge in [0.1, 0.15) is 12.1 Å². The van der Waals surface area contributed by atoms with Gasteiger partial charge < -0.3 is 25.6 Å². The summed E-state index contributed by atoms with van der Waals surface area (Å²) >= 11 is 0. The number of ether oxygens (including phenoxy) is 1. The summed E-state index contributed by atoms with van der Waals surface area (Å²) in [6, 6.07) is 9.88. The second-order valence-electron chi connectivity index (χ2n) is 7.97. The molecule has 0 saturated carbocycles. The molecule has 176 valence electrons. The number of phenols is 2. The number of carbonyl (C=O) groups excluding carboxylic acids is 2. The largest absolute Gasteiger partial charge is 0.504 e. The number of aromatic hydroxyl groups is 2. The molecule has 10 heteroatoms. The molecular weight excluding hydrogens is 438 g/mol. The minimum Gasteiger partial charge on any atom is -0.504 e. The Morgan fingerprint density at radius 1 is 1.18 bits per heavy atom. The van der Waals surface area contributed by atoms with E-state index in [4.69, 9.17) is 10.5 Å². The van der Waals surface area contributed by atoms with Crippen LogP contribution in [0.1, 0.15) is 11.1 Å². The van der Waals surface area contributed by atoms with Crippen LogP contribution in [0.5, 0.6) is 11.5 Å². The van der Waals surface area contributed by atoms with E-state index in [-0.39, 0.29) is 29.7 Å². The van der Waals surface area contributed by atoms with Gasteiger partial charge in [-0.15, -0.1) is 0 Å². The number of fused-ring (bicyclic) bond motifs is 1. The van der Waals surface area contributed by atoms with Crippen LogP contribution in [0, 0.1) is 0 Å². The van der Waals surface area contributed by atoms with E-state index in [9.17, 15) is 19.8 Å². The molecule has 1 amide bonds. The van der Waals surface area contributed by atoms with Crippen molar-refractivity contribution in [1.29, 1.82) is 0 Å². The number of rotatable bonds is 7. The Morgan fingerprint density at radius 2 is 2.00 bits per heavy atom. The second kappa shape index (κ2) is 9.86. The van der Waals surface area contributed by atoms with Gasteiger partial charge in [0.25, 0.3) is 0 Å². The van der Waals surface area contributed by atoms with E-state index < -0.39 is 6.23 Å². The number of nitrogens with two attached hydrogens (primary N) is 1. The molecule has 0 bridgehead atoms. The Morgan fingerprint density at radius 3 is 2.74 bits per heavy atom. The molecule has 1 aliphatic rings. The number of hydrogen-bond acceptors (Lipinski definition) is 9. The normalized spacial score (nSPS) is 15.8. The topological polar surface area (TPSA) is 142 Å². The number of anilines is 1. The average molecular weight is 463 g/mol. The van der Waals surface area contributed by atoms with Crippen LogP contribution in [0.2, 0.25) is 0 Å². The van der Waals surface area contributed by atoms with Crippen LogP contribution in [0.15, 0.2) is 48.8 Å². The van der Waals surface area contributed by atoms with E-state index in [0.717, 1.165) is 16.5 Å². The van der Waals surface area contributed by atoms with Crippen molar-refractivity contribution >= 4 is 34.5 Å². The predicted octanol–water partition coefficient (Wildman–Crippen LogP) is 1.52. The minimum absolute atomic E-state index is 0.0424. The van der Waals surface area contributed by atoms with Gasteiger partial charge in [0, 0.05) is 32.1 Å². The number of piperazine rings is 1. The van der Waals surface area contributed by atoms with Crippen LogP contribution >= 0.6 is 0 Å². The van der Waals surface area contributed by atoms with Crippen molar-refractivity contribution in [3.8, 4) is 11.5 Å². The summed E-state index contributed by atoms with van der Waals surface area (Å²) in [4.78, 5) is 37.2. The zero-order valence-electron chi connectivity index (χ0n) is 18.6. The van der Waals surface area contributed by atoms with Crippen LogP contribution in [-0.4, -0.2) is 74.6 Å². The fraction of sp³-hybridized carbons (Fsp3) is 0.250. The smallest absolute Gasteiger partial charge is 0.237 e. The summed E-state index contributed by atoms with van der Waals surface area (Å²) in [5.74, 6) is -0.551. The lowest BCUT2D eigenvalue weighted by atomic mass is 10.1. The first-order valence-electron chi connectivity index (χ1n) is 10.6. The molecule has 1 saturated heterocycles. The maximum Gasteiger partial charge on any atom is 0.237 e. The van der Waals surface area contributed by atoms with E-state index in [1.54, 1.807) is 15.9 Å². The molecule has 0 radical (unpaired) electrons. The molecular formula is C24H25N5O5. The quantitative estimate of drug-likeness (QED) is 0.351. The molecule has 3 aromatic rings. The molecule has 0 spiro atoms.